The number of carbonyl (C=O) groups excluding carboxylic acids is 2. The zero-order valence-electron chi connectivity index (χ0n) is 17.8. The van der Waals surface area contributed by atoms with E-state index in [1.807, 2.05) is 31.2 Å². The lowest BCUT2D eigenvalue weighted by Gasteiger charge is -2.24. The molecule has 6 heteroatoms. The lowest BCUT2D eigenvalue weighted by Crippen LogP contribution is -2.29. The molecule has 2 rings (SSSR count). The van der Waals surface area contributed by atoms with Gasteiger partial charge in [-0.25, -0.2) is 4.79 Å². The van der Waals surface area contributed by atoms with Crippen LogP contribution in [0.4, 0.5) is 5.69 Å². The zero-order valence-corrected chi connectivity index (χ0v) is 17.8. The summed E-state index contributed by atoms with van der Waals surface area (Å²) in [6, 6.07) is 13.4. The van der Waals surface area contributed by atoms with Gasteiger partial charge in [0.1, 0.15) is 5.75 Å². The number of aryl methyl sites for hydroxylation is 1. The number of methoxy groups -OCH3 is 1. The van der Waals surface area contributed by atoms with E-state index in [0.29, 0.717) is 23.0 Å². The number of ether oxygens (including phenoxy) is 2. The smallest absolute Gasteiger partial charge is 0.343 e. The molecule has 0 atom stereocenters. The van der Waals surface area contributed by atoms with E-state index in [2.05, 4.69) is 35.7 Å². The van der Waals surface area contributed by atoms with Crippen molar-refractivity contribution in [3.05, 3.63) is 59.2 Å². The van der Waals surface area contributed by atoms with E-state index in [4.69, 9.17) is 4.74 Å². The highest BCUT2D eigenvalue weighted by molar-refractivity contribution is 6.04. The van der Waals surface area contributed by atoms with Crippen LogP contribution in [-0.2, 0) is 16.1 Å². The molecular weight excluding hydrogens is 368 g/mol. The summed E-state index contributed by atoms with van der Waals surface area (Å²) in [5, 5.41) is 2.92. The first-order chi connectivity index (χ1) is 13.8. The molecule has 0 saturated heterocycles. The van der Waals surface area contributed by atoms with Crippen molar-refractivity contribution >= 4 is 17.6 Å². The van der Waals surface area contributed by atoms with Gasteiger partial charge in [0, 0.05) is 23.8 Å². The van der Waals surface area contributed by atoms with Crippen LogP contribution in [0.3, 0.4) is 0 Å². The number of nitrogens with one attached hydrogen (secondary N) is 1. The molecule has 1 amide bonds. The van der Waals surface area contributed by atoms with Crippen LogP contribution >= 0.6 is 0 Å². The first-order valence-corrected chi connectivity index (χ1v) is 9.78. The van der Waals surface area contributed by atoms with Gasteiger partial charge < -0.3 is 14.8 Å². The molecule has 29 heavy (non-hydrogen) atoms. The van der Waals surface area contributed by atoms with Crippen molar-refractivity contribution in [1.82, 2.24) is 4.90 Å². The van der Waals surface area contributed by atoms with Gasteiger partial charge in [-0.2, -0.15) is 0 Å². The minimum atomic E-state index is -0.445. The number of carbonyl (C=O) groups is 2. The van der Waals surface area contributed by atoms with Gasteiger partial charge in [0.05, 0.1) is 7.11 Å². The first kappa shape index (κ1) is 22.4. The van der Waals surface area contributed by atoms with E-state index in [1.54, 1.807) is 18.2 Å². The van der Waals surface area contributed by atoms with Crippen molar-refractivity contribution in [2.75, 3.05) is 25.6 Å². The molecule has 6 nitrogen and oxygen atoms in total. The van der Waals surface area contributed by atoms with Crippen molar-refractivity contribution < 1.29 is 19.1 Å². The quantitative estimate of drug-likeness (QED) is 0.646. The Morgan fingerprint density at radius 3 is 2.34 bits per heavy atom. The van der Waals surface area contributed by atoms with Gasteiger partial charge in [-0.1, -0.05) is 19.1 Å². The molecule has 0 spiro atoms. The van der Waals surface area contributed by atoms with Gasteiger partial charge in [0.2, 0.25) is 0 Å². The van der Waals surface area contributed by atoms with Crippen molar-refractivity contribution in [1.29, 1.82) is 0 Å². The second-order valence-corrected chi connectivity index (χ2v) is 7.15. The Kier molecular flexibility index (Phi) is 8.21. The second-order valence-electron chi connectivity index (χ2n) is 7.15. The average molecular weight is 399 g/mol. The van der Waals surface area contributed by atoms with Gasteiger partial charge in [-0.15, -0.1) is 0 Å². The second kappa shape index (κ2) is 10.6. The van der Waals surface area contributed by atoms with Gasteiger partial charge in [-0.3, -0.25) is 9.69 Å². The summed E-state index contributed by atoms with van der Waals surface area (Å²) in [6.45, 7) is 10.1. The fraction of sp³-hybridized carbons (Fsp3) is 0.391. The number of rotatable bonds is 9. The largest absolute Gasteiger partial charge is 0.482 e. The fourth-order valence-corrected chi connectivity index (χ4v) is 2.92. The molecule has 0 unspecified atom stereocenters. The predicted molar refractivity (Wildman–Crippen MR) is 114 cm³/mol. The molecule has 0 aromatic heterocycles. The Morgan fingerprint density at radius 2 is 1.79 bits per heavy atom. The number of amides is 1. The van der Waals surface area contributed by atoms with E-state index >= 15 is 0 Å². The van der Waals surface area contributed by atoms with Crippen molar-refractivity contribution in [3.63, 3.8) is 0 Å². The summed E-state index contributed by atoms with van der Waals surface area (Å²) in [5.74, 6) is -0.0705. The van der Waals surface area contributed by atoms with Gasteiger partial charge in [-0.05, 0) is 68.8 Å². The fourth-order valence-electron chi connectivity index (χ4n) is 2.92. The Hall–Kier alpha value is -2.86. The highest BCUT2D eigenvalue weighted by atomic mass is 16.6. The van der Waals surface area contributed by atoms with Crippen molar-refractivity contribution in [2.45, 2.75) is 40.3 Å². The van der Waals surface area contributed by atoms with E-state index in [9.17, 15) is 9.59 Å². The number of anilines is 1. The molecule has 1 N–H and O–H groups in total. The Morgan fingerprint density at radius 1 is 1.10 bits per heavy atom. The molecule has 0 heterocycles. The van der Waals surface area contributed by atoms with Crippen LogP contribution < -0.4 is 10.1 Å². The topological polar surface area (TPSA) is 67.9 Å². The molecule has 0 aliphatic carbocycles. The third-order valence-electron chi connectivity index (χ3n) is 4.77. The van der Waals surface area contributed by atoms with E-state index in [1.165, 1.54) is 12.7 Å². The van der Waals surface area contributed by atoms with Crippen molar-refractivity contribution in [2.24, 2.45) is 0 Å². The maximum Gasteiger partial charge on any atom is 0.343 e. The minimum Gasteiger partial charge on any atom is -0.482 e. The molecule has 2 aromatic carbocycles. The lowest BCUT2D eigenvalue weighted by atomic mass is 10.1. The third-order valence-corrected chi connectivity index (χ3v) is 4.77. The average Bonchev–Trinajstić information content (AvgIpc) is 2.72. The summed E-state index contributed by atoms with van der Waals surface area (Å²) in [6.07, 6.45) is 0. The van der Waals surface area contributed by atoms with Crippen LogP contribution in [0.1, 0.15) is 42.3 Å². The van der Waals surface area contributed by atoms with Crippen LogP contribution in [0.5, 0.6) is 5.75 Å². The summed E-state index contributed by atoms with van der Waals surface area (Å²) in [4.78, 5) is 26.1. The van der Waals surface area contributed by atoms with Crippen LogP contribution in [-0.4, -0.2) is 43.1 Å². The highest BCUT2D eigenvalue weighted by Crippen LogP contribution is 2.22. The van der Waals surface area contributed by atoms with E-state index in [-0.39, 0.29) is 12.5 Å². The van der Waals surface area contributed by atoms with Gasteiger partial charge in [0.15, 0.2) is 6.61 Å². The van der Waals surface area contributed by atoms with Crippen molar-refractivity contribution in [3.8, 4) is 5.75 Å². The third kappa shape index (κ3) is 6.61. The Balaban J connectivity index is 2.00. The van der Waals surface area contributed by atoms with Gasteiger partial charge >= 0.3 is 5.97 Å². The lowest BCUT2D eigenvalue weighted by molar-refractivity contribution is -0.142. The molecule has 0 fully saturated rings. The molecule has 156 valence electrons. The Bertz CT molecular complexity index is 831. The molecule has 2 aromatic rings. The van der Waals surface area contributed by atoms with E-state index in [0.717, 1.165) is 18.7 Å². The number of hydrogen-bond acceptors (Lipinski definition) is 5. The molecule has 0 radical (unpaired) electrons. The standard InChI is InChI=1S/C23H30N2O4/c1-6-25(16(2)3)14-18-7-9-19(10-8-18)23(27)24-21-12-11-20(13-17(21)4)29-15-22(26)28-5/h7-13,16H,6,14-15H2,1-5H3,(H,24,27). The normalized spacial score (nSPS) is 10.9. The monoisotopic (exact) mass is 398 g/mol. The van der Waals surface area contributed by atoms with Crippen LogP contribution in [0.15, 0.2) is 42.5 Å². The number of benzene rings is 2. The minimum absolute atomic E-state index is 0.153. The maximum atomic E-state index is 12.6. The number of nitrogens with zero attached hydrogens (tertiary/aromatic N) is 1. The van der Waals surface area contributed by atoms with Crippen LogP contribution in [0.25, 0.3) is 0 Å². The molecule has 0 aliphatic heterocycles. The number of esters is 1. The van der Waals surface area contributed by atoms with E-state index < -0.39 is 5.97 Å². The highest BCUT2D eigenvalue weighted by Gasteiger charge is 2.11. The molecule has 0 bridgehead atoms. The summed E-state index contributed by atoms with van der Waals surface area (Å²) >= 11 is 0. The predicted octanol–water partition coefficient (Wildman–Crippen LogP) is 4.03. The number of hydrogen-bond donors (Lipinski definition) is 1. The van der Waals surface area contributed by atoms with Gasteiger partial charge in [0.25, 0.3) is 5.91 Å². The molecule has 0 saturated carbocycles. The zero-order chi connectivity index (χ0) is 21.4. The van der Waals surface area contributed by atoms with Crippen LogP contribution in [0, 0.1) is 6.92 Å². The summed E-state index contributed by atoms with van der Waals surface area (Å²) in [5.41, 5.74) is 3.32. The summed E-state index contributed by atoms with van der Waals surface area (Å²) in [7, 11) is 1.31. The maximum absolute atomic E-state index is 12.6. The van der Waals surface area contributed by atoms with Crippen LogP contribution in [0.2, 0.25) is 0 Å². The molecular formula is C23H30N2O4. The Labute approximate surface area is 172 Å². The molecule has 0 aliphatic rings. The summed E-state index contributed by atoms with van der Waals surface area (Å²) < 4.78 is 9.91. The SMILES string of the molecule is CCN(Cc1ccc(C(=O)Nc2ccc(OCC(=O)OC)cc2C)cc1)C(C)C. The first-order valence-electron chi connectivity index (χ1n) is 9.78.